The van der Waals surface area contributed by atoms with E-state index in [-0.39, 0.29) is 11.7 Å². The highest BCUT2D eigenvalue weighted by atomic mass is 35.5. The van der Waals surface area contributed by atoms with Gasteiger partial charge in [-0.25, -0.2) is 0 Å². The molecule has 6 heteroatoms. The summed E-state index contributed by atoms with van der Waals surface area (Å²) in [4.78, 5) is 13.9. The molecular weight excluding hydrogens is 314 g/mol. The van der Waals surface area contributed by atoms with E-state index in [1.165, 1.54) is 22.7 Å². The topological polar surface area (TPSA) is 40.5 Å². The van der Waals surface area contributed by atoms with E-state index in [1.807, 2.05) is 6.92 Å². The van der Waals surface area contributed by atoms with Gasteiger partial charge >= 0.3 is 0 Å². The van der Waals surface area contributed by atoms with Gasteiger partial charge in [-0.05, 0) is 42.8 Å². The van der Waals surface area contributed by atoms with Crippen molar-refractivity contribution < 1.29 is 9.90 Å². The van der Waals surface area contributed by atoms with Gasteiger partial charge in [-0.2, -0.15) is 0 Å². The van der Waals surface area contributed by atoms with Crippen molar-refractivity contribution in [3.05, 3.63) is 45.3 Å². The smallest absolute Gasteiger partial charge is 0.265 e. The normalized spacial score (nSPS) is 18.2. The molecule has 1 aromatic carbocycles. The Morgan fingerprint density at radius 3 is 2.80 bits per heavy atom. The van der Waals surface area contributed by atoms with Gasteiger partial charge in [0.25, 0.3) is 5.91 Å². The van der Waals surface area contributed by atoms with Crippen LogP contribution in [0.4, 0.5) is 0 Å². The Balaban J connectivity index is 2.30. The number of thioether (sulfide) groups is 1. The molecule has 0 aromatic heterocycles. The second kappa shape index (κ2) is 5.99. The molecule has 0 bridgehead atoms. The minimum atomic E-state index is -0.108. The van der Waals surface area contributed by atoms with E-state index in [4.69, 9.17) is 23.8 Å². The number of phenolic OH excluding ortho intramolecular Hbond substituents is 1. The van der Waals surface area contributed by atoms with E-state index in [1.54, 1.807) is 31.3 Å². The van der Waals surface area contributed by atoms with E-state index in [0.29, 0.717) is 19.8 Å². The summed E-state index contributed by atoms with van der Waals surface area (Å²) in [7, 11) is 1.65. The van der Waals surface area contributed by atoms with Crippen molar-refractivity contribution in [3.8, 4) is 5.75 Å². The predicted molar refractivity (Wildman–Crippen MR) is 87.8 cm³/mol. The zero-order valence-electron chi connectivity index (χ0n) is 10.9. The third-order valence-corrected chi connectivity index (χ3v) is 4.44. The molecule has 0 saturated carbocycles. The Labute approximate surface area is 131 Å². The number of thiocarbonyl (C=S) groups is 1. The lowest BCUT2D eigenvalue weighted by Gasteiger charge is -2.03. The highest BCUT2D eigenvalue weighted by Crippen LogP contribution is 2.31. The molecule has 0 spiro atoms. The number of halogens is 1. The number of hydrogen-bond donors (Lipinski definition) is 1. The number of carbonyl (C=O) groups is 1. The number of aromatic hydroxyl groups is 1. The van der Waals surface area contributed by atoms with Crippen molar-refractivity contribution in [1.29, 1.82) is 0 Å². The summed E-state index contributed by atoms with van der Waals surface area (Å²) in [5.74, 6) is 0.0354. The molecule has 0 unspecified atom stereocenters. The molecule has 104 valence electrons. The maximum Gasteiger partial charge on any atom is 0.265 e. The highest BCUT2D eigenvalue weighted by molar-refractivity contribution is 8.26. The predicted octanol–water partition coefficient (Wildman–Crippen LogP) is 3.82. The minimum absolute atomic E-state index is 0.108. The van der Waals surface area contributed by atoms with Crippen molar-refractivity contribution in [2.75, 3.05) is 7.05 Å². The summed E-state index contributed by atoms with van der Waals surface area (Å²) in [6.45, 7) is 1.85. The second-order valence-corrected chi connectivity index (χ2v) is 6.44. The standard InChI is InChI=1S/C14H12ClNO2S2/c1-8(5-9-7-10(15)3-4-11(9)17)6-12-13(18)16(2)14(19)20-12/h3-7,17H,1-2H3/b8-5+,12-6+. The fraction of sp³-hybridized carbons (Fsp3) is 0.143. The van der Waals surface area contributed by atoms with Gasteiger partial charge in [-0.15, -0.1) is 0 Å². The molecule has 20 heavy (non-hydrogen) atoms. The molecule has 1 N–H and O–H groups in total. The molecule has 0 radical (unpaired) electrons. The van der Waals surface area contributed by atoms with Crippen LogP contribution in [0.1, 0.15) is 12.5 Å². The van der Waals surface area contributed by atoms with Crippen LogP contribution in [0.3, 0.4) is 0 Å². The molecule has 1 fully saturated rings. The van der Waals surface area contributed by atoms with Gasteiger partial charge in [0.05, 0.1) is 4.91 Å². The number of allylic oxidation sites excluding steroid dienone is 2. The zero-order valence-corrected chi connectivity index (χ0v) is 13.3. The number of hydrogen-bond acceptors (Lipinski definition) is 4. The molecule has 1 aliphatic heterocycles. The summed E-state index contributed by atoms with van der Waals surface area (Å²) in [6.07, 6.45) is 3.52. The van der Waals surface area contributed by atoms with Crippen LogP contribution in [0, 0.1) is 0 Å². The quantitative estimate of drug-likeness (QED) is 0.663. The van der Waals surface area contributed by atoms with E-state index in [0.717, 1.165) is 5.57 Å². The van der Waals surface area contributed by atoms with Gasteiger partial charge < -0.3 is 5.11 Å². The highest BCUT2D eigenvalue weighted by Gasteiger charge is 2.28. The average molecular weight is 326 g/mol. The van der Waals surface area contributed by atoms with Crippen LogP contribution < -0.4 is 0 Å². The SMILES string of the molecule is CC(=C\c1cc(Cl)ccc1O)/C=C1/SC(=S)N(C)C1=O. The molecule has 2 rings (SSSR count). The average Bonchev–Trinajstić information content (AvgIpc) is 2.61. The third-order valence-electron chi connectivity index (χ3n) is 2.72. The molecule has 1 aromatic rings. The number of likely N-dealkylation sites (N-methyl/N-ethyl adjacent to an activating group) is 1. The number of amides is 1. The van der Waals surface area contributed by atoms with Crippen molar-refractivity contribution in [3.63, 3.8) is 0 Å². The Kier molecular flexibility index (Phi) is 4.52. The van der Waals surface area contributed by atoms with E-state index >= 15 is 0 Å². The molecule has 0 atom stereocenters. The van der Waals surface area contributed by atoms with Gasteiger partial charge in [-0.3, -0.25) is 9.69 Å². The lowest BCUT2D eigenvalue weighted by Crippen LogP contribution is -2.22. The Morgan fingerprint density at radius 1 is 1.50 bits per heavy atom. The van der Waals surface area contributed by atoms with E-state index < -0.39 is 0 Å². The number of nitrogens with zero attached hydrogens (tertiary/aromatic N) is 1. The first kappa shape index (κ1) is 15.1. The van der Waals surface area contributed by atoms with Gasteiger partial charge in [-0.1, -0.05) is 35.6 Å². The molecule has 1 amide bonds. The Morgan fingerprint density at radius 2 is 2.20 bits per heavy atom. The monoisotopic (exact) mass is 325 g/mol. The van der Waals surface area contributed by atoms with Crippen LogP contribution in [0.15, 0.2) is 34.8 Å². The Bertz CT molecular complexity index is 653. The number of benzene rings is 1. The number of rotatable bonds is 2. The van der Waals surface area contributed by atoms with Crippen LogP contribution in [0.5, 0.6) is 5.75 Å². The van der Waals surface area contributed by atoms with Gasteiger partial charge in [0.1, 0.15) is 10.1 Å². The van der Waals surface area contributed by atoms with Crippen molar-refractivity contribution in [2.24, 2.45) is 0 Å². The first-order valence-corrected chi connectivity index (χ1v) is 7.37. The third kappa shape index (κ3) is 3.23. The number of carbonyl (C=O) groups excluding carboxylic acids is 1. The molecule has 1 aliphatic rings. The molecule has 1 heterocycles. The minimum Gasteiger partial charge on any atom is -0.507 e. The zero-order chi connectivity index (χ0) is 14.9. The van der Waals surface area contributed by atoms with Crippen LogP contribution in [0.25, 0.3) is 6.08 Å². The van der Waals surface area contributed by atoms with Crippen molar-refractivity contribution >= 4 is 51.9 Å². The maximum absolute atomic E-state index is 11.9. The first-order chi connectivity index (χ1) is 9.38. The van der Waals surface area contributed by atoms with Crippen LogP contribution in [0.2, 0.25) is 5.02 Å². The van der Waals surface area contributed by atoms with Crippen molar-refractivity contribution in [2.45, 2.75) is 6.92 Å². The summed E-state index contributed by atoms with van der Waals surface area (Å²) in [6, 6.07) is 4.82. The van der Waals surface area contributed by atoms with Gasteiger partial charge in [0.15, 0.2) is 0 Å². The van der Waals surface area contributed by atoms with Crippen LogP contribution in [-0.2, 0) is 4.79 Å². The molecule has 1 saturated heterocycles. The summed E-state index contributed by atoms with van der Waals surface area (Å²) in [5.41, 5.74) is 1.44. The summed E-state index contributed by atoms with van der Waals surface area (Å²) < 4.78 is 0.541. The fourth-order valence-corrected chi connectivity index (χ4v) is 3.09. The van der Waals surface area contributed by atoms with Crippen LogP contribution >= 0.6 is 35.6 Å². The summed E-state index contributed by atoms with van der Waals surface area (Å²) >= 11 is 12.2. The number of phenols is 1. The lowest BCUT2D eigenvalue weighted by atomic mass is 10.1. The lowest BCUT2D eigenvalue weighted by molar-refractivity contribution is -0.121. The molecule has 0 aliphatic carbocycles. The first-order valence-electron chi connectivity index (χ1n) is 5.77. The van der Waals surface area contributed by atoms with E-state index in [2.05, 4.69) is 0 Å². The fourth-order valence-electron chi connectivity index (χ4n) is 1.68. The van der Waals surface area contributed by atoms with Crippen molar-refractivity contribution in [1.82, 2.24) is 4.90 Å². The van der Waals surface area contributed by atoms with Gasteiger partial charge in [0.2, 0.25) is 0 Å². The second-order valence-electron chi connectivity index (χ2n) is 4.33. The van der Waals surface area contributed by atoms with Crippen LogP contribution in [-0.4, -0.2) is 27.3 Å². The largest absolute Gasteiger partial charge is 0.507 e. The molecular formula is C14H12ClNO2S2. The van der Waals surface area contributed by atoms with Gasteiger partial charge in [0, 0.05) is 17.6 Å². The Hall–Kier alpha value is -1.30. The molecule has 3 nitrogen and oxygen atoms in total. The van der Waals surface area contributed by atoms with E-state index in [9.17, 15) is 9.90 Å². The summed E-state index contributed by atoms with van der Waals surface area (Å²) in [5, 5.41) is 10.3. The maximum atomic E-state index is 11.9.